The van der Waals surface area contributed by atoms with Gasteiger partial charge in [-0.05, 0) is 49.8 Å². The maximum absolute atomic E-state index is 6.24. The summed E-state index contributed by atoms with van der Waals surface area (Å²) in [5, 5.41) is 4.27. The van der Waals surface area contributed by atoms with Gasteiger partial charge in [-0.1, -0.05) is 11.6 Å². The monoisotopic (exact) mass is 313 g/mol. The lowest BCUT2D eigenvalue weighted by Crippen LogP contribution is -2.30. The summed E-state index contributed by atoms with van der Waals surface area (Å²) in [6, 6.07) is 3.30. The molecule has 1 aliphatic carbocycles. The van der Waals surface area contributed by atoms with Crippen LogP contribution in [-0.4, -0.2) is 36.1 Å². The first-order valence-electron chi connectivity index (χ1n) is 7.21. The molecule has 1 aliphatic rings. The Labute approximate surface area is 131 Å². The molecule has 112 valence electrons. The average Bonchev–Trinajstić information content (AvgIpc) is 3.27. The Morgan fingerprint density at radius 3 is 2.95 bits per heavy atom. The lowest BCUT2D eigenvalue weighted by Gasteiger charge is -2.26. The highest BCUT2D eigenvalue weighted by Crippen LogP contribution is 2.24. The molecule has 1 unspecified atom stereocenters. The highest BCUT2D eigenvalue weighted by Gasteiger charge is 2.21. The van der Waals surface area contributed by atoms with E-state index in [1.165, 1.54) is 18.6 Å². The second kappa shape index (κ2) is 7.53. The molecule has 0 aromatic carbocycles. The molecule has 1 N–H and O–H groups in total. The van der Waals surface area contributed by atoms with Crippen molar-refractivity contribution >= 4 is 29.2 Å². The minimum atomic E-state index is 0.486. The molecular formula is C15H24ClN3S. The van der Waals surface area contributed by atoms with Gasteiger partial charge in [-0.2, -0.15) is 11.8 Å². The van der Waals surface area contributed by atoms with Crippen molar-refractivity contribution in [3.63, 3.8) is 0 Å². The third-order valence-electron chi connectivity index (χ3n) is 3.84. The smallest absolute Gasteiger partial charge is 0.128 e. The van der Waals surface area contributed by atoms with Crippen LogP contribution < -0.4 is 10.2 Å². The van der Waals surface area contributed by atoms with Crippen molar-refractivity contribution in [1.82, 2.24) is 10.3 Å². The van der Waals surface area contributed by atoms with Gasteiger partial charge in [0.2, 0.25) is 0 Å². The normalized spacial score (nSPS) is 16.2. The molecule has 1 heterocycles. The highest BCUT2D eigenvalue weighted by atomic mass is 35.5. The fraction of sp³-hybridized carbons (Fsp3) is 0.667. The van der Waals surface area contributed by atoms with Gasteiger partial charge in [-0.15, -0.1) is 0 Å². The van der Waals surface area contributed by atoms with Crippen LogP contribution in [0.1, 0.15) is 31.7 Å². The lowest BCUT2D eigenvalue weighted by atomic mass is 10.2. The van der Waals surface area contributed by atoms with E-state index in [-0.39, 0.29) is 0 Å². The molecule has 5 heteroatoms. The van der Waals surface area contributed by atoms with Crippen molar-refractivity contribution in [1.29, 1.82) is 0 Å². The van der Waals surface area contributed by atoms with Crippen molar-refractivity contribution in [2.75, 3.05) is 24.0 Å². The number of thioether (sulfide) groups is 1. The van der Waals surface area contributed by atoms with E-state index < -0.39 is 0 Å². The van der Waals surface area contributed by atoms with E-state index in [9.17, 15) is 0 Å². The Balaban J connectivity index is 2.00. The van der Waals surface area contributed by atoms with Gasteiger partial charge in [0, 0.05) is 31.9 Å². The van der Waals surface area contributed by atoms with E-state index in [4.69, 9.17) is 11.6 Å². The van der Waals surface area contributed by atoms with E-state index in [0.717, 1.165) is 29.4 Å². The zero-order chi connectivity index (χ0) is 14.5. The van der Waals surface area contributed by atoms with E-state index in [2.05, 4.69) is 41.5 Å². The number of hydrogen-bond donors (Lipinski definition) is 1. The first-order chi connectivity index (χ1) is 9.61. The first-order valence-corrected chi connectivity index (χ1v) is 8.98. The minimum absolute atomic E-state index is 0.486. The summed E-state index contributed by atoms with van der Waals surface area (Å²) in [6.45, 7) is 3.08. The Morgan fingerprint density at radius 1 is 1.55 bits per heavy atom. The van der Waals surface area contributed by atoms with E-state index >= 15 is 0 Å². The number of anilines is 1. The second-order valence-electron chi connectivity index (χ2n) is 5.53. The summed E-state index contributed by atoms with van der Waals surface area (Å²) in [4.78, 5) is 6.71. The van der Waals surface area contributed by atoms with Crippen molar-refractivity contribution < 1.29 is 0 Å². The zero-order valence-electron chi connectivity index (χ0n) is 12.5. The van der Waals surface area contributed by atoms with Crippen LogP contribution in [0.15, 0.2) is 12.3 Å². The Bertz CT molecular complexity index is 437. The summed E-state index contributed by atoms with van der Waals surface area (Å²) in [7, 11) is 2.11. The number of nitrogens with one attached hydrogen (secondary N) is 1. The van der Waals surface area contributed by atoms with Crippen LogP contribution in [0.25, 0.3) is 0 Å². The Kier molecular flexibility index (Phi) is 6.00. The second-order valence-corrected chi connectivity index (χ2v) is 6.92. The molecule has 0 radical (unpaired) electrons. The number of hydrogen-bond acceptors (Lipinski definition) is 4. The molecule has 2 rings (SSSR count). The molecule has 0 bridgehead atoms. The van der Waals surface area contributed by atoms with Crippen LogP contribution >= 0.6 is 23.4 Å². The molecule has 3 nitrogen and oxygen atoms in total. The van der Waals surface area contributed by atoms with Crippen molar-refractivity contribution in [3.05, 3.63) is 22.8 Å². The molecule has 0 amide bonds. The Morgan fingerprint density at radius 2 is 2.30 bits per heavy atom. The molecule has 0 spiro atoms. The van der Waals surface area contributed by atoms with Crippen LogP contribution in [0, 0.1) is 0 Å². The summed E-state index contributed by atoms with van der Waals surface area (Å²) in [6.07, 6.45) is 7.67. The Hall–Kier alpha value is -0.450. The molecule has 0 saturated heterocycles. The summed E-state index contributed by atoms with van der Waals surface area (Å²) >= 11 is 8.13. The molecule has 1 aromatic rings. The van der Waals surface area contributed by atoms with Gasteiger partial charge in [0.25, 0.3) is 0 Å². The van der Waals surface area contributed by atoms with Gasteiger partial charge in [0.05, 0.1) is 5.02 Å². The molecule has 1 saturated carbocycles. The number of nitrogens with zero attached hydrogens (tertiary/aromatic N) is 2. The quantitative estimate of drug-likeness (QED) is 0.794. The van der Waals surface area contributed by atoms with Gasteiger partial charge in [-0.3, -0.25) is 0 Å². The van der Waals surface area contributed by atoms with E-state index in [0.29, 0.717) is 12.1 Å². The van der Waals surface area contributed by atoms with Crippen molar-refractivity contribution in [2.45, 2.75) is 44.8 Å². The van der Waals surface area contributed by atoms with Crippen molar-refractivity contribution in [2.24, 2.45) is 0 Å². The molecule has 1 atom stereocenters. The molecule has 20 heavy (non-hydrogen) atoms. The maximum atomic E-state index is 6.24. The average molecular weight is 314 g/mol. The van der Waals surface area contributed by atoms with Crippen LogP contribution in [0.4, 0.5) is 5.82 Å². The number of rotatable bonds is 8. The molecule has 0 aliphatic heterocycles. The standard InChI is InChI=1S/C15H24ClN3S/c1-11(6-7-20-3)19(2)15-8-12(14(16)10-18-15)9-17-13-4-5-13/h8,10-11,13,17H,4-7,9H2,1-3H3. The van der Waals surface area contributed by atoms with Gasteiger partial charge in [-0.25, -0.2) is 4.98 Å². The fourth-order valence-electron chi connectivity index (χ4n) is 2.05. The van der Waals surface area contributed by atoms with Crippen LogP contribution in [0.3, 0.4) is 0 Å². The summed E-state index contributed by atoms with van der Waals surface area (Å²) in [5.74, 6) is 2.19. The summed E-state index contributed by atoms with van der Waals surface area (Å²) in [5.41, 5.74) is 1.15. The maximum Gasteiger partial charge on any atom is 0.128 e. The SMILES string of the molecule is CSCCC(C)N(C)c1cc(CNC2CC2)c(Cl)cn1. The highest BCUT2D eigenvalue weighted by molar-refractivity contribution is 7.98. The lowest BCUT2D eigenvalue weighted by molar-refractivity contribution is 0.658. The first kappa shape index (κ1) is 15.9. The van der Waals surface area contributed by atoms with Crippen LogP contribution in [0.5, 0.6) is 0 Å². The number of aromatic nitrogens is 1. The number of pyridine rings is 1. The summed E-state index contributed by atoms with van der Waals surface area (Å²) < 4.78 is 0. The largest absolute Gasteiger partial charge is 0.357 e. The topological polar surface area (TPSA) is 28.2 Å². The molecule has 1 aromatic heterocycles. The predicted octanol–water partition coefficient (Wildman–Crippen LogP) is 3.56. The predicted molar refractivity (Wildman–Crippen MR) is 90.0 cm³/mol. The van der Waals surface area contributed by atoms with E-state index in [1.54, 1.807) is 6.20 Å². The van der Waals surface area contributed by atoms with Crippen LogP contribution in [0.2, 0.25) is 5.02 Å². The third-order valence-corrected chi connectivity index (χ3v) is 4.83. The minimum Gasteiger partial charge on any atom is -0.357 e. The fourth-order valence-corrected chi connectivity index (χ4v) is 2.79. The molecule has 1 fully saturated rings. The molecular weight excluding hydrogens is 290 g/mol. The van der Waals surface area contributed by atoms with E-state index in [1.807, 2.05) is 11.8 Å². The van der Waals surface area contributed by atoms with Gasteiger partial charge in [0.1, 0.15) is 5.82 Å². The van der Waals surface area contributed by atoms with Gasteiger partial charge < -0.3 is 10.2 Å². The zero-order valence-corrected chi connectivity index (χ0v) is 14.1. The third kappa shape index (κ3) is 4.54. The van der Waals surface area contributed by atoms with Gasteiger partial charge in [0.15, 0.2) is 0 Å². The number of halogens is 1. The van der Waals surface area contributed by atoms with Gasteiger partial charge >= 0.3 is 0 Å². The van der Waals surface area contributed by atoms with Crippen LogP contribution in [-0.2, 0) is 6.54 Å². The van der Waals surface area contributed by atoms with Crippen molar-refractivity contribution in [3.8, 4) is 0 Å².